The van der Waals surface area contributed by atoms with Crippen molar-refractivity contribution in [3.63, 3.8) is 0 Å². The molecule has 140 valence electrons. The summed E-state index contributed by atoms with van der Waals surface area (Å²) in [5, 5.41) is -0.544. The van der Waals surface area contributed by atoms with Crippen molar-refractivity contribution in [3.8, 4) is 0 Å². The molecule has 0 aliphatic rings. The van der Waals surface area contributed by atoms with Crippen molar-refractivity contribution >= 4 is 33.4 Å². The minimum Gasteiger partial charge on any atom is -0.412 e. The molecule has 1 rings (SSSR count). The average Bonchev–Trinajstić information content (AvgIpc) is 2.51. The Morgan fingerprint density at radius 1 is 1.17 bits per heavy atom. The molecule has 0 saturated heterocycles. The number of aryl methyl sites for hydroxylation is 1. The number of thioether (sulfide) groups is 2. The lowest BCUT2D eigenvalue weighted by Gasteiger charge is -2.19. The first-order valence-electron chi connectivity index (χ1n) is 7.22. The normalized spacial score (nSPS) is 12.9. The van der Waals surface area contributed by atoms with Crippen molar-refractivity contribution in [3.05, 3.63) is 40.9 Å². The number of unbranched alkanes of at least 4 members (excludes halogenated alkanes) is 1. The molecule has 0 saturated carbocycles. The zero-order chi connectivity index (χ0) is 16.6. The largest absolute Gasteiger partial charge is 0.412 e. The Morgan fingerprint density at radius 2 is 1.75 bits per heavy atom. The quantitative estimate of drug-likeness (QED) is 0.642. The molecule has 0 amide bonds. The van der Waals surface area contributed by atoms with Crippen LogP contribution in [0.5, 0.6) is 0 Å². The highest BCUT2D eigenvalue weighted by atomic mass is 32.2. The summed E-state index contributed by atoms with van der Waals surface area (Å²) < 4.78 is 25.9. The number of rotatable bonds is 9. The predicted molar refractivity (Wildman–Crippen MR) is 107 cm³/mol. The minimum absolute atomic E-state index is 0. The highest BCUT2D eigenvalue weighted by Crippen LogP contribution is 2.30. The average molecular weight is 396 g/mol. The van der Waals surface area contributed by atoms with Crippen LogP contribution in [0.15, 0.2) is 40.3 Å². The van der Waals surface area contributed by atoms with E-state index >= 15 is 0 Å². The maximum Gasteiger partial charge on any atom is 0.185 e. The fourth-order valence-electron chi connectivity index (χ4n) is 2.23. The van der Waals surface area contributed by atoms with Crippen molar-refractivity contribution in [2.24, 2.45) is 5.73 Å². The number of benzene rings is 1. The summed E-state index contributed by atoms with van der Waals surface area (Å²) in [6.45, 7) is 1.95. The Balaban J connectivity index is 0. The molecular formula is C16H29NO4S3. The third-order valence-electron chi connectivity index (χ3n) is 3.51. The molecule has 0 aliphatic carbocycles. The van der Waals surface area contributed by atoms with Crippen LogP contribution in [0, 0.1) is 6.92 Å². The van der Waals surface area contributed by atoms with Gasteiger partial charge in [0.15, 0.2) is 9.84 Å². The van der Waals surface area contributed by atoms with Gasteiger partial charge in [-0.15, -0.1) is 11.8 Å². The summed E-state index contributed by atoms with van der Waals surface area (Å²) >= 11 is 3.20. The zero-order valence-electron chi connectivity index (χ0n) is 14.4. The Kier molecular flexibility index (Phi) is 13.5. The molecule has 0 radical (unpaired) electrons. The molecule has 0 spiro atoms. The molecule has 0 aliphatic heterocycles. The molecule has 0 aromatic heterocycles. The monoisotopic (exact) mass is 395 g/mol. The van der Waals surface area contributed by atoms with E-state index < -0.39 is 15.1 Å². The second-order valence-electron chi connectivity index (χ2n) is 5.11. The van der Waals surface area contributed by atoms with E-state index in [1.165, 1.54) is 18.0 Å². The van der Waals surface area contributed by atoms with Gasteiger partial charge in [-0.2, -0.15) is 11.8 Å². The van der Waals surface area contributed by atoms with Crippen molar-refractivity contribution in [1.82, 2.24) is 0 Å². The van der Waals surface area contributed by atoms with E-state index in [0.29, 0.717) is 11.3 Å². The topological polar surface area (TPSA) is 123 Å². The Bertz CT molecular complexity index is 586. The van der Waals surface area contributed by atoms with E-state index in [9.17, 15) is 8.42 Å². The van der Waals surface area contributed by atoms with Gasteiger partial charge in [0.1, 0.15) is 0 Å². The van der Waals surface area contributed by atoms with Gasteiger partial charge >= 0.3 is 0 Å². The summed E-state index contributed by atoms with van der Waals surface area (Å²) in [4.78, 5) is 1.10. The molecule has 1 atom stereocenters. The van der Waals surface area contributed by atoms with Crippen LogP contribution < -0.4 is 5.73 Å². The van der Waals surface area contributed by atoms with Crippen LogP contribution in [0.2, 0.25) is 0 Å². The van der Waals surface area contributed by atoms with Gasteiger partial charge in [-0.05, 0) is 50.2 Å². The molecule has 1 aromatic carbocycles. The van der Waals surface area contributed by atoms with Crippen molar-refractivity contribution in [1.29, 1.82) is 0 Å². The van der Waals surface area contributed by atoms with Gasteiger partial charge in [-0.3, -0.25) is 0 Å². The second kappa shape index (κ2) is 12.7. The van der Waals surface area contributed by atoms with E-state index in [1.54, 1.807) is 23.9 Å². The first-order chi connectivity index (χ1) is 10.5. The molecule has 0 bridgehead atoms. The van der Waals surface area contributed by atoms with Gasteiger partial charge < -0.3 is 16.7 Å². The van der Waals surface area contributed by atoms with Crippen molar-refractivity contribution in [2.45, 2.75) is 36.3 Å². The molecular weight excluding hydrogens is 366 g/mol. The minimum atomic E-state index is -3.40. The van der Waals surface area contributed by atoms with Crippen LogP contribution in [0.1, 0.15) is 24.8 Å². The van der Waals surface area contributed by atoms with Gasteiger partial charge in [0.25, 0.3) is 0 Å². The number of hydrogen-bond acceptors (Lipinski definition) is 5. The van der Waals surface area contributed by atoms with E-state index in [1.807, 2.05) is 25.3 Å². The van der Waals surface area contributed by atoms with E-state index in [2.05, 4.69) is 6.26 Å². The molecule has 6 N–H and O–H groups in total. The molecule has 0 fully saturated rings. The fourth-order valence-corrected chi connectivity index (χ4v) is 5.61. The lowest BCUT2D eigenvalue weighted by molar-refractivity contribution is 0.578. The van der Waals surface area contributed by atoms with Gasteiger partial charge in [0, 0.05) is 11.1 Å². The standard InChI is InChI=1S/C16H25NO2S3.2H2O/c1-13-7-9-14(10-8-13)22(18,19)16(15(12-17)21-3)6-4-5-11-20-2;;/h7-10,12,16H,4-6,11,17H2,1-3H3;2*1H2/b15-12-;;. The first kappa shape index (κ1) is 25.6. The third-order valence-corrected chi connectivity index (χ3v) is 7.41. The smallest absolute Gasteiger partial charge is 0.185 e. The van der Waals surface area contributed by atoms with E-state index in [-0.39, 0.29) is 11.0 Å². The SMILES string of the molecule is CSCCCCC(/C(=C/N)SC)S(=O)(=O)c1ccc(C)cc1.O.O. The van der Waals surface area contributed by atoms with Crippen molar-refractivity contribution in [2.75, 3.05) is 18.3 Å². The maximum atomic E-state index is 13.0. The summed E-state index contributed by atoms with van der Waals surface area (Å²) in [7, 11) is -3.40. The van der Waals surface area contributed by atoms with Gasteiger partial charge in [0.2, 0.25) is 0 Å². The van der Waals surface area contributed by atoms with Crippen LogP contribution in [0.4, 0.5) is 0 Å². The van der Waals surface area contributed by atoms with E-state index in [0.717, 1.165) is 29.1 Å². The number of sulfone groups is 1. The zero-order valence-corrected chi connectivity index (χ0v) is 16.9. The Labute approximate surface area is 154 Å². The third kappa shape index (κ3) is 7.06. The first-order valence-corrected chi connectivity index (χ1v) is 11.4. The van der Waals surface area contributed by atoms with Crippen LogP contribution in [-0.4, -0.2) is 42.9 Å². The van der Waals surface area contributed by atoms with Crippen LogP contribution in [-0.2, 0) is 9.84 Å². The van der Waals surface area contributed by atoms with Crippen LogP contribution in [0.3, 0.4) is 0 Å². The summed E-state index contributed by atoms with van der Waals surface area (Å²) in [6.07, 6.45) is 7.89. The van der Waals surface area contributed by atoms with Crippen LogP contribution >= 0.6 is 23.5 Å². The fraction of sp³-hybridized carbons (Fsp3) is 0.500. The van der Waals surface area contributed by atoms with Gasteiger partial charge in [-0.1, -0.05) is 24.1 Å². The van der Waals surface area contributed by atoms with E-state index in [4.69, 9.17) is 5.73 Å². The van der Waals surface area contributed by atoms with Gasteiger partial charge in [-0.25, -0.2) is 8.42 Å². The number of hydrogen-bond donors (Lipinski definition) is 1. The molecule has 0 heterocycles. The maximum absolute atomic E-state index is 13.0. The lowest BCUT2D eigenvalue weighted by Crippen LogP contribution is -2.23. The van der Waals surface area contributed by atoms with Gasteiger partial charge in [0.05, 0.1) is 10.1 Å². The molecule has 1 unspecified atom stereocenters. The molecule has 5 nitrogen and oxygen atoms in total. The summed E-state index contributed by atoms with van der Waals surface area (Å²) in [5.41, 5.74) is 6.71. The van der Waals surface area contributed by atoms with Crippen molar-refractivity contribution < 1.29 is 19.4 Å². The molecule has 24 heavy (non-hydrogen) atoms. The summed E-state index contributed by atoms with van der Waals surface area (Å²) in [5.74, 6) is 1.05. The predicted octanol–water partition coefficient (Wildman–Crippen LogP) is 2.18. The van der Waals surface area contributed by atoms with Crippen LogP contribution in [0.25, 0.3) is 0 Å². The lowest BCUT2D eigenvalue weighted by atomic mass is 10.2. The number of nitrogens with two attached hydrogens (primary N) is 1. The Morgan fingerprint density at radius 3 is 2.21 bits per heavy atom. The highest BCUT2D eigenvalue weighted by Gasteiger charge is 2.30. The second-order valence-corrected chi connectivity index (χ2v) is 9.10. The Hall–Kier alpha value is -0.670. The molecule has 8 heteroatoms. The molecule has 1 aromatic rings. The summed E-state index contributed by atoms with van der Waals surface area (Å²) in [6, 6.07) is 7.05. The highest BCUT2D eigenvalue weighted by molar-refractivity contribution is 8.04.